The van der Waals surface area contributed by atoms with E-state index in [9.17, 15) is 4.79 Å². The Morgan fingerprint density at radius 2 is 2.22 bits per heavy atom. The van der Waals surface area contributed by atoms with Crippen LogP contribution in [0.4, 0.5) is 0 Å². The molecule has 0 saturated carbocycles. The average Bonchev–Trinajstić information content (AvgIpc) is 2.56. The Morgan fingerprint density at radius 3 is 2.91 bits per heavy atom. The van der Waals surface area contributed by atoms with Crippen molar-refractivity contribution in [2.45, 2.75) is 19.8 Å². The molecule has 23 heavy (non-hydrogen) atoms. The van der Waals surface area contributed by atoms with Crippen LogP contribution in [0.1, 0.15) is 18.9 Å². The summed E-state index contributed by atoms with van der Waals surface area (Å²) in [6, 6.07) is 13.5. The number of nitriles is 1. The molecule has 0 aliphatic heterocycles. The first-order valence-electron chi connectivity index (χ1n) is 7.54. The van der Waals surface area contributed by atoms with Gasteiger partial charge in [0.1, 0.15) is 5.75 Å². The van der Waals surface area contributed by atoms with Crippen molar-refractivity contribution < 1.29 is 9.53 Å². The highest BCUT2D eigenvalue weighted by atomic mass is 16.5. The number of benzene rings is 1. The van der Waals surface area contributed by atoms with Crippen LogP contribution in [0.2, 0.25) is 0 Å². The number of ether oxygens (including phenoxy) is 1. The lowest BCUT2D eigenvalue weighted by atomic mass is 10.1. The third-order valence-corrected chi connectivity index (χ3v) is 3.19. The Labute approximate surface area is 135 Å². The second-order valence-electron chi connectivity index (χ2n) is 4.95. The van der Waals surface area contributed by atoms with E-state index in [-0.39, 0.29) is 12.3 Å². The molecular formula is C18H19N3O2. The Hall–Kier alpha value is -2.87. The van der Waals surface area contributed by atoms with E-state index in [1.807, 2.05) is 49.4 Å². The zero-order valence-corrected chi connectivity index (χ0v) is 13.1. The summed E-state index contributed by atoms with van der Waals surface area (Å²) < 4.78 is 5.49. The van der Waals surface area contributed by atoms with Gasteiger partial charge >= 0.3 is 0 Å². The summed E-state index contributed by atoms with van der Waals surface area (Å²) in [5, 5.41) is 11.1. The smallest absolute Gasteiger partial charge is 0.224 e. The number of nitrogens with zero attached hydrogens (tertiary/aromatic N) is 2. The van der Waals surface area contributed by atoms with Crippen molar-refractivity contribution in [3.05, 3.63) is 48.2 Å². The molecule has 1 heterocycles. The Bertz CT molecular complexity index is 690. The van der Waals surface area contributed by atoms with Gasteiger partial charge in [0.25, 0.3) is 0 Å². The van der Waals surface area contributed by atoms with Crippen LogP contribution in [0.3, 0.4) is 0 Å². The molecule has 0 saturated heterocycles. The molecule has 0 fully saturated rings. The molecule has 1 N–H and O–H groups in total. The van der Waals surface area contributed by atoms with Gasteiger partial charge in [0.2, 0.25) is 5.91 Å². The summed E-state index contributed by atoms with van der Waals surface area (Å²) in [6.45, 7) is 2.95. The zero-order valence-electron chi connectivity index (χ0n) is 13.1. The molecular weight excluding hydrogens is 290 g/mol. The molecule has 5 nitrogen and oxygen atoms in total. The maximum Gasteiger partial charge on any atom is 0.224 e. The molecule has 0 aliphatic rings. The van der Waals surface area contributed by atoms with Crippen LogP contribution in [-0.2, 0) is 11.2 Å². The van der Waals surface area contributed by atoms with Gasteiger partial charge in [-0.25, -0.2) is 0 Å². The fraction of sp³-hybridized carbons (Fsp3) is 0.278. The minimum absolute atomic E-state index is 0.104. The number of rotatable bonds is 7. The summed E-state index contributed by atoms with van der Waals surface area (Å²) in [4.78, 5) is 16.1. The first kappa shape index (κ1) is 16.5. The molecule has 1 aromatic heterocycles. The molecule has 0 bridgehead atoms. The Morgan fingerprint density at radius 1 is 1.35 bits per heavy atom. The summed E-state index contributed by atoms with van der Waals surface area (Å²) in [7, 11) is 0. The summed E-state index contributed by atoms with van der Waals surface area (Å²) in [6.07, 6.45) is 2.28. The van der Waals surface area contributed by atoms with Crippen LogP contribution in [-0.4, -0.2) is 24.0 Å². The number of hydrogen-bond donors (Lipinski definition) is 1. The number of carbonyl (C=O) groups is 1. The van der Waals surface area contributed by atoms with E-state index in [1.165, 1.54) is 0 Å². The molecule has 1 amide bonds. The highest BCUT2D eigenvalue weighted by Gasteiger charge is 2.05. The van der Waals surface area contributed by atoms with Crippen molar-refractivity contribution in [1.29, 1.82) is 5.26 Å². The van der Waals surface area contributed by atoms with Gasteiger partial charge < -0.3 is 10.1 Å². The highest BCUT2D eigenvalue weighted by Crippen LogP contribution is 2.22. The molecule has 118 valence electrons. The number of carbonyl (C=O) groups excluding carboxylic acids is 1. The maximum absolute atomic E-state index is 11.7. The summed E-state index contributed by atoms with van der Waals surface area (Å²) in [5.74, 6) is 0.709. The molecule has 0 spiro atoms. The topological polar surface area (TPSA) is 75.0 Å². The van der Waals surface area contributed by atoms with Gasteiger partial charge in [-0.15, -0.1) is 0 Å². The lowest BCUT2D eigenvalue weighted by molar-refractivity contribution is -0.120. The standard InChI is InChI=1S/C18H19N3O2/c1-2-23-16-6-3-5-15(12-16)17-8-7-14(13-21-17)11-18(22)20-10-4-9-19/h3,5-8,12-13H,2,4,10-11H2,1H3,(H,20,22). The minimum atomic E-state index is -0.104. The number of aromatic nitrogens is 1. The number of pyridine rings is 1. The molecule has 2 aromatic rings. The molecule has 2 rings (SSSR count). The van der Waals surface area contributed by atoms with Crippen LogP contribution >= 0.6 is 0 Å². The molecule has 1 aromatic carbocycles. The molecule has 0 radical (unpaired) electrons. The van der Waals surface area contributed by atoms with Gasteiger partial charge in [-0.05, 0) is 30.7 Å². The van der Waals surface area contributed by atoms with E-state index in [2.05, 4.69) is 10.3 Å². The van der Waals surface area contributed by atoms with Crippen LogP contribution < -0.4 is 10.1 Å². The molecule has 0 unspecified atom stereocenters. The third-order valence-electron chi connectivity index (χ3n) is 3.19. The van der Waals surface area contributed by atoms with Crippen LogP contribution in [0.15, 0.2) is 42.6 Å². The van der Waals surface area contributed by atoms with Gasteiger partial charge in [0.15, 0.2) is 0 Å². The quantitative estimate of drug-likeness (QED) is 0.798. The van der Waals surface area contributed by atoms with E-state index in [1.54, 1.807) is 6.20 Å². The van der Waals surface area contributed by atoms with E-state index in [4.69, 9.17) is 10.00 Å². The van der Waals surface area contributed by atoms with Gasteiger partial charge in [-0.2, -0.15) is 5.26 Å². The van der Waals surface area contributed by atoms with Crippen LogP contribution in [0, 0.1) is 11.3 Å². The highest BCUT2D eigenvalue weighted by molar-refractivity contribution is 5.78. The minimum Gasteiger partial charge on any atom is -0.494 e. The lowest BCUT2D eigenvalue weighted by Gasteiger charge is -2.07. The zero-order chi connectivity index (χ0) is 16.5. The number of amides is 1. The maximum atomic E-state index is 11.7. The first-order valence-corrected chi connectivity index (χ1v) is 7.54. The van der Waals surface area contributed by atoms with Crippen LogP contribution in [0.5, 0.6) is 5.75 Å². The van der Waals surface area contributed by atoms with Gasteiger partial charge in [0, 0.05) is 18.3 Å². The van der Waals surface area contributed by atoms with Gasteiger partial charge in [-0.1, -0.05) is 18.2 Å². The lowest BCUT2D eigenvalue weighted by Crippen LogP contribution is -2.25. The average molecular weight is 309 g/mol. The van der Waals surface area contributed by atoms with Crippen molar-refractivity contribution in [2.24, 2.45) is 0 Å². The summed E-state index contributed by atoms with van der Waals surface area (Å²) >= 11 is 0. The molecule has 0 atom stereocenters. The fourth-order valence-electron chi connectivity index (χ4n) is 2.12. The largest absolute Gasteiger partial charge is 0.494 e. The van der Waals surface area contributed by atoms with Crippen molar-refractivity contribution in [1.82, 2.24) is 10.3 Å². The Balaban J connectivity index is 2.00. The number of hydrogen-bond acceptors (Lipinski definition) is 4. The molecule has 0 aliphatic carbocycles. The second-order valence-corrected chi connectivity index (χ2v) is 4.95. The van der Waals surface area contributed by atoms with E-state index < -0.39 is 0 Å². The van der Waals surface area contributed by atoms with E-state index in [0.29, 0.717) is 19.6 Å². The van der Waals surface area contributed by atoms with E-state index in [0.717, 1.165) is 22.6 Å². The number of nitrogens with one attached hydrogen (secondary N) is 1. The third kappa shape index (κ3) is 5.11. The van der Waals surface area contributed by atoms with Crippen molar-refractivity contribution in [2.75, 3.05) is 13.2 Å². The van der Waals surface area contributed by atoms with Crippen molar-refractivity contribution in [3.63, 3.8) is 0 Å². The predicted molar refractivity (Wildman–Crippen MR) is 87.8 cm³/mol. The normalized spacial score (nSPS) is 9.91. The van der Waals surface area contributed by atoms with E-state index >= 15 is 0 Å². The van der Waals surface area contributed by atoms with Gasteiger partial charge in [-0.3, -0.25) is 9.78 Å². The fourth-order valence-corrected chi connectivity index (χ4v) is 2.12. The Kier molecular flexibility index (Phi) is 6.13. The van der Waals surface area contributed by atoms with Crippen molar-refractivity contribution in [3.8, 4) is 23.1 Å². The van der Waals surface area contributed by atoms with Crippen molar-refractivity contribution >= 4 is 5.91 Å². The second kappa shape index (κ2) is 8.54. The van der Waals surface area contributed by atoms with Gasteiger partial charge in [0.05, 0.1) is 31.2 Å². The SMILES string of the molecule is CCOc1cccc(-c2ccc(CC(=O)NCCC#N)cn2)c1. The first-order chi connectivity index (χ1) is 11.2. The molecule has 5 heteroatoms. The summed E-state index contributed by atoms with van der Waals surface area (Å²) in [5.41, 5.74) is 2.64. The van der Waals surface area contributed by atoms with Crippen LogP contribution in [0.25, 0.3) is 11.3 Å². The predicted octanol–water partition coefficient (Wildman–Crippen LogP) is 2.72. The monoisotopic (exact) mass is 309 g/mol.